The van der Waals surface area contributed by atoms with Crippen molar-refractivity contribution in [2.75, 3.05) is 6.54 Å². The first-order chi connectivity index (χ1) is 6.51. The minimum atomic E-state index is -0.937. The van der Waals surface area contributed by atoms with Crippen LogP contribution in [0, 0.1) is 5.41 Å². The molecule has 1 aliphatic carbocycles. The second kappa shape index (κ2) is 2.81. The third kappa shape index (κ3) is 1.04. The molecule has 0 fully saturated rings. The van der Waals surface area contributed by atoms with E-state index >= 15 is 0 Å². The summed E-state index contributed by atoms with van der Waals surface area (Å²) in [7, 11) is 0. The maximum absolute atomic E-state index is 10.6. The van der Waals surface area contributed by atoms with Crippen LogP contribution in [0.2, 0.25) is 0 Å². The number of H-pyrrole nitrogens is 1. The van der Waals surface area contributed by atoms with Crippen molar-refractivity contribution >= 4 is 0 Å². The van der Waals surface area contributed by atoms with Gasteiger partial charge in [-0.05, 0) is 18.3 Å². The Morgan fingerprint density at radius 1 is 1.64 bits per heavy atom. The Bertz CT molecular complexity index is 345. The summed E-state index contributed by atoms with van der Waals surface area (Å²) in [6, 6.07) is 0. The molecule has 0 aromatic carbocycles. The molecule has 78 valence electrons. The lowest BCUT2D eigenvalue weighted by atomic mass is 9.64. The molecule has 4 N–H and O–H groups in total. The van der Waals surface area contributed by atoms with Crippen LogP contribution >= 0.6 is 0 Å². The van der Waals surface area contributed by atoms with Gasteiger partial charge in [0.2, 0.25) is 0 Å². The van der Waals surface area contributed by atoms with E-state index in [9.17, 15) is 5.11 Å². The fourth-order valence-electron chi connectivity index (χ4n) is 2.25. The minimum Gasteiger partial charge on any atom is -0.383 e. The van der Waals surface area contributed by atoms with Gasteiger partial charge in [0.15, 0.2) is 0 Å². The molecular weight excluding hydrogens is 178 g/mol. The van der Waals surface area contributed by atoms with Gasteiger partial charge in [-0.1, -0.05) is 13.8 Å². The van der Waals surface area contributed by atoms with Crippen LogP contribution in [0.3, 0.4) is 0 Å². The number of nitrogens with zero attached hydrogens (tertiary/aromatic N) is 1. The predicted molar refractivity (Wildman–Crippen MR) is 53.6 cm³/mol. The molecule has 0 radical (unpaired) electrons. The Kier molecular flexibility index (Phi) is 1.94. The first kappa shape index (κ1) is 9.68. The molecule has 14 heavy (non-hydrogen) atoms. The van der Waals surface area contributed by atoms with Gasteiger partial charge in [-0.2, -0.15) is 5.10 Å². The van der Waals surface area contributed by atoms with Crippen LogP contribution in [-0.4, -0.2) is 21.8 Å². The van der Waals surface area contributed by atoms with Gasteiger partial charge in [-0.3, -0.25) is 5.10 Å². The number of nitrogens with two attached hydrogens (primary N) is 1. The predicted octanol–water partition coefficient (Wildman–Crippen LogP) is 0.528. The fourth-order valence-corrected chi connectivity index (χ4v) is 2.25. The number of aromatic nitrogens is 2. The highest BCUT2D eigenvalue weighted by Gasteiger charge is 2.48. The third-order valence-corrected chi connectivity index (χ3v) is 3.58. The molecule has 1 aromatic heterocycles. The quantitative estimate of drug-likeness (QED) is 0.612. The van der Waals surface area contributed by atoms with Crippen LogP contribution in [-0.2, 0) is 12.0 Å². The second-order valence-electron chi connectivity index (χ2n) is 4.71. The van der Waals surface area contributed by atoms with Crippen molar-refractivity contribution in [2.24, 2.45) is 11.1 Å². The number of aryl methyl sites for hydroxylation is 1. The smallest absolute Gasteiger partial charge is 0.110 e. The van der Waals surface area contributed by atoms with Crippen LogP contribution in [0.1, 0.15) is 31.5 Å². The summed E-state index contributed by atoms with van der Waals surface area (Å²) in [5.41, 5.74) is 6.47. The summed E-state index contributed by atoms with van der Waals surface area (Å²) < 4.78 is 0. The van der Waals surface area contributed by atoms with E-state index in [0.29, 0.717) is 0 Å². The lowest BCUT2D eigenvalue weighted by Crippen LogP contribution is -2.50. The largest absolute Gasteiger partial charge is 0.383 e. The van der Waals surface area contributed by atoms with E-state index in [1.807, 2.05) is 0 Å². The van der Waals surface area contributed by atoms with Gasteiger partial charge < -0.3 is 10.8 Å². The van der Waals surface area contributed by atoms with Crippen LogP contribution in [0.4, 0.5) is 0 Å². The first-order valence-corrected chi connectivity index (χ1v) is 4.96. The molecule has 1 aliphatic rings. The van der Waals surface area contributed by atoms with Gasteiger partial charge in [0.05, 0.1) is 6.20 Å². The van der Waals surface area contributed by atoms with Gasteiger partial charge in [0.1, 0.15) is 5.60 Å². The summed E-state index contributed by atoms with van der Waals surface area (Å²) in [6.07, 6.45) is 3.56. The van der Waals surface area contributed by atoms with E-state index < -0.39 is 5.60 Å². The molecule has 0 spiro atoms. The van der Waals surface area contributed by atoms with Gasteiger partial charge in [-0.25, -0.2) is 0 Å². The number of aromatic amines is 1. The van der Waals surface area contributed by atoms with Gasteiger partial charge >= 0.3 is 0 Å². The SMILES string of the molecule is CC1(C)CCc2[nH]ncc2C1(O)CN. The van der Waals surface area contributed by atoms with Crippen LogP contribution < -0.4 is 5.73 Å². The molecule has 0 saturated carbocycles. The molecule has 1 heterocycles. The summed E-state index contributed by atoms with van der Waals surface area (Å²) in [6.45, 7) is 4.35. The highest BCUT2D eigenvalue weighted by molar-refractivity contribution is 5.30. The molecule has 1 unspecified atom stereocenters. The molecule has 0 bridgehead atoms. The van der Waals surface area contributed by atoms with Crippen molar-refractivity contribution in [2.45, 2.75) is 32.3 Å². The maximum atomic E-state index is 10.6. The van der Waals surface area contributed by atoms with Crippen molar-refractivity contribution in [1.82, 2.24) is 10.2 Å². The summed E-state index contributed by atoms with van der Waals surface area (Å²) in [4.78, 5) is 0. The summed E-state index contributed by atoms with van der Waals surface area (Å²) in [5, 5.41) is 17.5. The number of rotatable bonds is 1. The number of nitrogens with one attached hydrogen (secondary N) is 1. The van der Waals surface area contributed by atoms with E-state index in [0.717, 1.165) is 24.1 Å². The fraction of sp³-hybridized carbons (Fsp3) is 0.700. The van der Waals surface area contributed by atoms with Crippen LogP contribution in [0.25, 0.3) is 0 Å². The van der Waals surface area contributed by atoms with Crippen molar-refractivity contribution in [3.05, 3.63) is 17.5 Å². The summed E-state index contributed by atoms with van der Waals surface area (Å²) in [5.74, 6) is 0. The van der Waals surface area contributed by atoms with Crippen LogP contribution in [0.15, 0.2) is 6.20 Å². The molecule has 0 amide bonds. The van der Waals surface area contributed by atoms with E-state index in [1.165, 1.54) is 0 Å². The second-order valence-corrected chi connectivity index (χ2v) is 4.71. The molecule has 4 nitrogen and oxygen atoms in total. The van der Waals surface area contributed by atoms with Crippen molar-refractivity contribution in [3.63, 3.8) is 0 Å². The number of aliphatic hydroxyl groups is 1. The highest BCUT2D eigenvalue weighted by atomic mass is 16.3. The number of fused-ring (bicyclic) bond motifs is 1. The zero-order chi connectivity index (χ0) is 10.4. The van der Waals surface area contributed by atoms with E-state index in [1.54, 1.807) is 6.20 Å². The molecule has 0 aliphatic heterocycles. The monoisotopic (exact) mass is 195 g/mol. The zero-order valence-corrected chi connectivity index (χ0v) is 8.67. The van der Waals surface area contributed by atoms with Crippen molar-refractivity contribution < 1.29 is 5.11 Å². The Morgan fingerprint density at radius 3 is 3.00 bits per heavy atom. The normalized spacial score (nSPS) is 30.0. The molecule has 2 rings (SSSR count). The van der Waals surface area contributed by atoms with E-state index in [4.69, 9.17) is 5.73 Å². The zero-order valence-electron chi connectivity index (χ0n) is 8.67. The number of hydrogen-bond donors (Lipinski definition) is 3. The van der Waals surface area contributed by atoms with Crippen molar-refractivity contribution in [1.29, 1.82) is 0 Å². The average molecular weight is 195 g/mol. The lowest BCUT2D eigenvalue weighted by Gasteiger charge is -2.45. The molecular formula is C10H17N3O. The molecule has 1 aromatic rings. The standard InChI is InChI=1S/C10H17N3O/c1-9(2)4-3-8-7(5-12-13-8)10(9,14)6-11/h5,14H,3-4,6,11H2,1-2H3,(H,12,13). The van der Waals surface area contributed by atoms with E-state index in [-0.39, 0.29) is 12.0 Å². The molecule has 4 heteroatoms. The van der Waals surface area contributed by atoms with Crippen molar-refractivity contribution in [3.8, 4) is 0 Å². The topological polar surface area (TPSA) is 74.9 Å². The molecule has 1 atom stereocenters. The minimum absolute atomic E-state index is 0.182. The van der Waals surface area contributed by atoms with E-state index in [2.05, 4.69) is 24.0 Å². The van der Waals surface area contributed by atoms with Gasteiger partial charge in [-0.15, -0.1) is 0 Å². The highest BCUT2D eigenvalue weighted by Crippen LogP contribution is 2.46. The van der Waals surface area contributed by atoms with Crippen LogP contribution in [0.5, 0.6) is 0 Å². The molecule has 0 saturated heterocycles. The maximum Gasteiger partial charge on any atom is 0.110 e. The average Bonchev–Trinajstić information content (AvgIpc) is 2.60. The van der Waals surface area contributed by atoms with Gasteiger partial charge in [0, 0.05) is 17.8 Å². The summed E-state index contributed by atoms with van der Waals surface area (Å²) >= 11 is 0. The Balaban J connectivity index is 2.55. The Labute approximate surface area is 83.5 Å². The third-order valence-electron chi connectivity index (χ3n) is 3.58. The first-order valence-electron chi connectivity index (χ1n) is 4.96. The Morgan fingerprint density at radius 2 is 2.36 bits per heavy atom. The van der Waals surface area contributed by atoms with Gasteiger partial charge in [0.25, 0.3) is 0 Å². The number of hydrogen-bond acceptors (Lipinski definition) is 3. The Hall–Kier alpha value is -0.870. The lowest BCUT2D eigenvalue weighted by molar-refractivity contribution is -0.0775.